The fourth-order valence-electron chi connectivity index (χ4n) is 1.96. The van der Waals surface area contributed by atoms with E-state index in [1.54, 1.807) is 0 Å². The second kappa shape index (κ2) is 6.82. The van der Waals surface area contributed by atoms with Crippen LogP contribution in [0, 0.1) is 5.82 Å². The molecule has 0 aromatic heterocycles. The molecule has 2 rings (SSSR count). The van der Waals surface area contributed by atoms with Crippen LogP contribution in [0.3, 0.4) is 0 Å². The number of aliphatic hydroxyl groups excluding tert-OH is 1. The minimum absolute atomic E-state index is 0.171. The molecule has 2 aromatic rings. The van der Waals surface area contributed by atoms with Crippen LogP contribution >= 0.6 is 0 Å². The number of carbonyl (C=O) groups is 1. The molecule has 0 heterocycles. The summed E-state index contributed by atoms with van der Waals surface area (Å²) in [5, 5.41) is 12.1. The Hall–Kier alpha value is -2.20. The van der Waals surface area contributed by atoms with Crippen LogP contribution in [0.2, 0.25) is 0 Å². The third-order valence-corrected chi connectivity index (χ3v) is 2.97. The molecule has 1 atom stereocenters. The predicted octanol–water partition coefficient (Wildman–Crippen LogP) is 2.16. The first-order valence-corrected chi connectivity index (χ1v) is 6.40. The van der Waals surface area contributed by atoms with E-state index in [4.69, 9.17) is 0 Å². The summed E-state index contributed by atoms with van der Waals surface area (Å²) in [6.45, 7) is -0.171. The van der Waals surface area contributed by atoms with E-state index in [-0.39, 0.29) is 18.1 Å². The van der Waals surface area contributed by atoms with Gasteiger partial charge in [0.2, 0.25) is 0 Å². The van der Waals surface area contributed by atoms with E-state index < -0.39 is 11.9 Å². The van der Waals surface area contributed by atoms with Crippen molar-refractivity contribution in [2.75, 3.05) is 6.61 Å². The van der Waals surface area contributed by atoms with Crippen molar-refractivity contribution in [2.45, 2.75) is 12.5 Å². The van der Waals surface area contributed by atoms with Crippen LogP contribution in [0.4, 0.5) is 4.39 Å². The lowest BCUT2D eigenvalue weighted by atomic mass is 10.1. The number of carbonyl (C=O) groups excluding carboxylic acids is 1. The molecule has 1 amide bonds. The Kier molecular flexibility index (Phi) is 4.85. The zero-order valence-corrected chi connectivity index (χ0v) is 10.9. The Morgan fingerprint density at radius 1 is 1.15 bits per heavy atom. The fourth-order valence-corrected chi connectivity index (χ4v) is 1.96. The van der Waals surface area contributed by atoms with Gasteiger partial charge in [-0.25, -0.2) is 4.39 Å². The van der Waals surface area contributed by atoms with Crippen molar-refractivity contribution in [1.29, 1.82) is 0 Å². The molecule has 0 bridgehead atoms. The zero-order chi connectivity index (χ0) is 14.4. The van der Waals surface area contributed by atoms with Gasteiger partial charge in [0.25, 0.3) is 5.91 Å². The van der Waals surface area contributed by atoms with Crippen LogP contribution in [0.25, 0.3) is 0 Å². The molecule has 0 spiro atoms. The van der Waals surface area contributed by atoms with E-state index in [9.17, 15) is 14.3 Å². The Labute approximate surface area is 117 Å². The SMILES string of the molecule is O=C(NC(CO)Cc1ccccc1)c1cccc(F)c1. The summed E-state index contributed by atoms with van der Waals surface area (Å²) in [6, 6.07) is 14.6. The Morgan fingerprint density at radius 3 is 2.55 bits per heavy atom. The third kappa shape index (κ3) is 3.90. The Balaban J connectivity index is 2.01. The first-order valence-electron chi connectivity index (χ1n) is 6.40. The van der Waals surface area contributed by atoms with Crippen LogP contribution in [0.5, 0.6) is 0 Å². The Morgan fingerprint density at radius 2 is 1.90 bits per heavy atom. The van der Waals surface area contributed by atoms with Gasteiger partial charge in [0, 0.05) is 5.56 Å². The molecule has 0 aliphatic carbocycles. The van der Waals surface area contributed by atoms with Crippen LogP contribution in [0.1, 0.15) is 15.9 Å². The summed E-state index contributed by atoms with van der Waals surface area (Å²) in [6.07, 6.45) is 0.526. The van der Waals surface area contributed by atoms with Crippen molar-refractivity contribution < 1.29 is 14.3 Å². The molecule has 4 heteroatoms. The molecule has 0 saturated heterocycles. The second-order valence-electron chi connectivity index (χ2n) is 4.55. The van der Waals surface area contributed by atoms with Crippen LogP contribution in [-0.2, 0) is 6.42 Å². The largest absolute Gasteiger partial charge is 0.394 e. The normalized spacial score (nSPS) is 11.9. The number of nitrogens with one attached hydrogen (secondary N) is 1. The van der Waals surface area contributed by atoms with E-state index in [0.717, 1.165) is 5.56 Å². The molecule has 0 aliphatic rings. The highest BCUT2D eigenvalue weighted by Crippen LogP contribution is 2.06. The highest BCUT2D eigenvalue weighted by atomic mass is 19.1. The number of amides is 1. The average molecular weight is 273 g/mol. The van der Waals surface area contributed by atoms with Gasteiger partial charge in [-0.15, -0.1) is 0 Å². The minimum atomic E-state index is -0.457. The molecular weight excluding hydrogens is 257 g/mol. The summed E-state index contributed by atoms with van der Waals surface area (Å²) in [5.74, 6) is -0.847. The smallest absolute Gasteiger partial charge is 0.251 e. The topological polar surface area (TPSA) is 49.3 Å². The van der Waals surface area contributed by atoms with Gasteiger partial charge in [0.15, 0.2) is 0 Å². The van der Waals surface area contributed by atoms with Crippen LogP contribution in [0.15, 0.2) is 54.6 Å². The van der Waals surface area contributed by atoms with E-state index in [1.165, 1.54) is 24.3 Å². The molecule has 104 valence electrons. The maximum Gasteiger partial charge on any atom is 0.251 e. The van der Waals surface area contributed by atoms with Crippen molar-refractivity contribution in [1.82, 2.24) is 5.32 Å². The number of aliphatic hydroxyl groups is 1. The standard InChI is InChI=1S/C16H16FNO2/c17-14-8-4-7-13(10-14)16(20)18-15(11-19)9-12-5-2-1-3-6-12/h1-8,10,15,19H,9,11H2,(H,18,20). The van der Waals surface area contributed by atoms with Gasteiger partial charge < -0.3 is 10.4 Å². The summed E-state index contributed by atoms with van der Waals surface area (Å²) < 4.78 is 13.1. The molecule has 0 saturated carbocycles. The number of hydrogen-bond donors (Lipinski definition) is 2. The van der Waals surface area contributed by atoms with E-state index >= 15 is 0 Å². The summed E-state index contributed by atoms with van der Waals surface area (Å²) in [7, 11) is 0. The summed E-state index contributed by atoms with van der Waals surface area (Å²) >= 11 is 0. The van der Waals surface area contributed by atoms with Gasteiger partial charge in [-0.1, -0.05) is 36.4 Å². The maximum atomic E-state index is 13.1. The number of rotatable bonds is 5. The Bertz CT molecular complexity index is 572. The van der Waals surface area contributed by atoms with E-state index in [1.807, 2.05) is 30.3 Å². The van der Waals surface area contributed by atoms with Crippen molar-refractivity contribution in [3.8, 4) is 0 Å². The molecule has 20 heavy (non-hydrogen) atoms. The van der Waals surface area contributed by atoms with Gasteiger partial charge in [-0.3, -0.25) is 4.79 Å². The van der Waals surface area contributed by atoms with E-state index in [0.29, 0.717) is 6.42 Å². The van der Waals surface area contributed by atoms with Gasteiger partial charge >= 0.3 is 0 Å². The summed E-state index contributed by atoms with van der Waals surface area (Å²) in [5.41, 5.74) is 1.27. The second-order valence-corrected chi connectivity index (χ2v) is 4.55. The average Bonchev–Trinajstić information content (AvgIpc) is 2.47. The van der Waals surface area contributed by atoms with Crippen molar-refractivity contribution in [2.24, 2.45) is 0 Å². The third-order valence-electron chi connectivity index (χ3n) is 2.97. The number of benzene rings is 2. The van der Waals surface area contributed by atoms with Crippen molar-refractivity contribution >= 4 is 5.91 Å². The molecule has 1 unspecified atom stereocenters. The fraction of sp³-hybridized carbons (Fsp3) is 0.188. The van der Waals surface area contributed by atoms with Gasteiger partial charge in [0.05, 0.1) is 12.6 Å². The van der Waals surface area contributed by atoms with Gasteiger partial charge in [-0.05, 0) is 30.2 Å². The lowest BCUT2D eigenvalue weighted by molar-refractivity contribution is 0.0916. The maximum absolute atomic E-state index is 13.1. The molecule has 0 fully saturated rings. The molecular formula is C16H16FNO2. The summed E-state index contributed by atoms with van der Waals surface area (Å²) in [4.78, 5) is 12.0. The lowest BCUT2D eigenvalue weighted by Gasteiger charge is -2.16. The van der Waals surface area contributed by atoms with Gasteiger partial charge in [-0.2, -0.15) is 0 Å². The highest BCUT2D eigenvalue weighted by Gasteiger charge is 2.13. The first-order chi connectivity index (χ1) is 9.69. The molecule has 2 N–H and O–H groups in total. The predicted molar refractivity (Wildman–Crippen MR) is 74.9 cm³/mol. The van der Waals surface area contributed by atoms with E-state index in [2.05, 4.69) is 5.32 Å². The quantitative estimate of drug-likeness (QED) is 0.877. The zero-order valence-electron chi connectivity index (χ0n) is 10.9. The van der Waals surface area contributed by atoms with Crippen molar-refractivity contribution in [3.05, 3.63) is 71.5 Å². The van der Waals surface area contributed by atoms with Crippen LogP contribution in [-0.4, -0.2) is 23.7 Å². The molecule has 2 aromatic carbocycles. The molecule has 0 radical (unpaired) electrons. The van der Waals surface area contributed by atoms with Crippen LogP contribution < -0.4 is 5.32 Å². The molecule has 0 aliphatic heterocycles. The number of hydrogen-bond acceptors (Lipinski definition) is 2. The van der Waals surface area contributed by atoms with Crippen molar-refractivity contribution in [3.63, 3.8) is 0 Å². The first kappa shape index (κ1) is 14.2. The monoisotopic (exact) mass is 273 g/mol. The highest BCUT2D eigenvalue weighted by molar-refractivity contribution is 5.94. The number of halogens is 1. The van der Waals surface area contributed by atoms with Gasteiger partial charge in [0.1, 0.15) is 5.82 Å². The minimum Gasteiger partial charge on any atom is -0.394 e. The molecule has 3 nitrogen and oxygen atoms in total. The lowest BCUT2D eigenvalue weighted by Crippen LogP contribution is -2.39.